The third-order valence-electron chi connectivity index (χ3n) is 2.58. The van der Waals surface area contributed by atoms with Gasteiger partial charge in [-0.1, -0.05) is 24.3 Å². The Bertz CT molecular complexity index is 518. The van der Waals surface area contributed by atoms with Crippen molar-refractivity contribution in [3.63, 3.8) is 0 Å². The molecule has 1 heterocycles. The number of halogens is 2. The number of aromatic nitrogens is 3. The van der Waals surface area contributed by atoms with Crippen LogP contribution in [0.4, 0.5) is 0 Å². The van der Waals surface area contributed by atoms with Gasteiger partial charge < -0.3 is 11.1 Å². The fourth-order valence-corrected chi connectivity index (χ4v) is 1.64. The fourth-order valence-electron chi connectivity index (χ4n) is 1.64. The third-order valence-corrected chi connectivity index (χ3v) is 2.58. The lowest BCUT2D eigenvalue weighted by molar-refractivity contribution is -0.119. The van der Waals surface area contributed by atoms with Gasteiger partial charge in [0.05, 0.1) is 13.1 Å². The molecule has 0 aliphatic carbocycles. The summed E-state index contributed by atoms with van der Waals surface area (Å²) in [6.45, 7) is 1.11. The molecule has 0 aliphatic rings. The molecule has 2 rings (SSSR count). The van der Waals surface area contributed by atoms with E-state index in [1.165, 1.54) is 6.33 Å². The number of rotatable bonds is 5. The Balaban J connectivity index is 0.00000180. The number of nitrogens with two attached hydrogens (primary N) is 1. The van der Waals surface area contributed by atoms with E-state index >= 15 is 0 Å². The minimum absolute atomic E-state index is 0. The molecule has 20 heavy (non-hydrogen) atoms. The van der Waals surface area contributed by atoms with E-state index in [0.717, 1.165) is 11.1 Å². The van der Waals surface area contributed by atoms with Crippen molar-refractivity contribution >= 4 is 30.7 Å². The van der Waals surface area contributed by atoms with Gasteiger partial charge in [0.25, 0.3) is 0 Å². The van der Waals surface area contributed by atoms with Crippen LogP contribution in [-0.4, -0.2) is 27.2 Å². The van der Waals surface area contributed by atoms with Crippen molar-refractivity contribution in [2.45, 2.75) is 13.1 Å². The van der Waals surface area contributed by atoms with Crippen LogP contribution in [0, 0.1) is 0 Å². The Morgan fingerprint density at radius 2 is 1.95 bits per heavy atom. The Labute approximate surface area is 129 Å². The molecule has 0 radical (unpaired) electrons. The maximum atomic E-state index is 11.1. The van der Waals surface area contributed by atoms with E-state index in [4.69, 9.17) is 5.73 Å². The van der Waals surface area contributed by atoms with E-state index in [2.05, 4.69) is 15.4 Å². The summed E-state index contributed by atoms with van der Waals surface area (Å²) < 4.78 is 1.74. The molecule has 0 bridgehead atoms. The van der Waals surface area contributed by atoms with Gasteiger partial charge in [-0.2, -0.15) is 5.10 Å². The van der Waals surface area contributed by atoms with Gasteiger partial charge in [0.2, 0.25) is 5.91 Å². The summed E-state index contributed by atoms with van der Waals surface area (Å²) in [5, 5.41) is 6.82. The monoisotopic (exact) mass is 317 g/mol. The molecule has 8 heteroatoms. The summed E-state index contributed by atoms with van der Waals surface area (Å²) in [7, 11) is 0. The molecule has 1 aromatic heterocycles. The molecular weight excluding hydrogens is 301 g/mol. The molecule has 0 saturated heterocycles. The molecule has 0 aliphatic heterocycles. The minimum atomic E-state index is -0.162. The summed E-state index contributed by atoms with van der Waals surface area (Å²) >= 11 is 0. The first-order chi connectivity index (χ1) is 8.79. The first kappa shape index (κ1) is 18.4. The van der Waals surface area contributed by atoms with Crippen LogP contribution in [0.2, 0.25) is 0 Å². The fraction of sp³-hybridized carbons (Fsp3) is 0.250. The summed E-state index contributed by atoms with van der Waals surface area (Å²) in [5.41, 5.74) is 7.40. The second-order valence-electron chi connectivity index (χ2n) is 3.84. The summed E-state index contributed by atoms with van der Waals surface area (Å²) in [4.78, 5) is 15.1. The zero-order valence-electron chi connectivity index (χ0n) is 10.7. The average Bonchev–Trinajstić information content (AvgIpc) is 2.90. The molecule has 3 N–H and O–H groups in total. The van der Waals surface area contributed by atoms with Gasteiger partial charge in [0, 0.05) is 6.54 Å². The second kappa shape index (κ2) is 9.30. The Kier molecular flexibility index (Phi) is 8.54. The lowest BCUT2D eigenvalue weighted by Crippen LogP contribution is -2.30. The van der Waals surface area contributed by atoms with Crippen LogP contribution in [-0.2, 0) is 17.9 Å². The minimum Gasteiger partial charge on any atom is -0.351 e. The summed E-state index contributed by atoms with van der Waals surface area (Å²) in [5.74, 6) is -0.162. The number of benzene rings is 1. The lowest BCUT2D eigenvalue weighted by Gasteiger charge is -2.10. The third kappa shape index (κ3) is 5.16. The van der Waals surface area contributed by atoms with Crippen molar-refractivity contribution < 1.29 is 4.79 Å². The molecule has 2 aromatic rings. The van der Waals surface area contributed by atoms with Crippen LogP contribution in [0.3, 0.4) is 0 Å². The van der Waals surface area contributed by atoms with Crippen LogP contribution in [0.25, 0.3) is 0 Å². The first-order valence-corrected chi connectivity index (χ1v) is 5.65. The van der Waals surface area contributed by atoms with Crippen LogP contribution < -0.4 is 11.1 Å². The van der Waals surface area contributed by atoms with Crippen LogP contribution in [0.5, 0.6) is 0 Å². The maximum absolute atomic E-state index is 11.1. The van der Waals surface area contributed by atoms with E-state index in [1.54, 1.807) is 11.0 Å². The SMILES string of the molecule is Cl.Cl.NCC(=O)NCc1ccccc1Cn1cncn1. The topological polar surface area (TPSA) is 85.8 Å². The van der Waals surface area contributed by atoms with Gasteiger partial charge in [-0.25, -0.2) is 9.67 Å². The number of hydrogen-bond acceptors (Lipinski definition) is 4. The predicted octanol–water partition coefficient (Wildman–Crippen LogP) is 0.745. The van der Waals surface area contributed by atoms with E-state index in [-0.39, 0.29) is 37.3 Å². The van der Waals surface area contributed by atoms with E-state index in [1.807, 2.05) is 24.3 Å². The molecule has 6 nitrogen and oxygen atoms in total. The summed E-state index contributed by atoms with van der Waals surface area (Å²) in [6, 6.07) is 7.88. The molecule has 0 unspecified atom stereocenters. The normalized spacial score (nSPS) is 9.25. The van der Waals surface area contributed by atoms with Gasteiger partial charge in [-0.15, -0.1) is 24.8 Å². The second-order valence-corrected chi connectivity index (χ2v) is 3.84. The number of amides is 1. The number of carbonyl (C=O) groups is 1. The zero-order chi connectivity index (χ0) is 12.8. The molecular formula is C12H17Cl2N5O. The molecule has 1 aromatic carbocycles. The van der Waals surface area contributed by atoms with Crippen LogP contribution >= 0.6 is 24.8 Å². The number of nitrogens with zero attached hydrogens (tertiary/aromatic N) is 3. The van der Waals surface area contributed by atoms with Crippen LogP contribution in [0.1, 0.15) is 11.1 Å². The van der Waals surface area contributed by atoms with E-state index < -0.39 is 0 Å². The molecule has 0 atom stereocenters. The highest BCUT2D eigenvalue weighted by Crippen LogP contribution is 2.09. The smallest absolute Gasteiger partial charge is 0.234 e. The molecule has 110 valence electrons. The highest BCUT2D eigenvalue weighted by atomic mass is 35.5. The largest absolute Gasteiger partial charge is 0.351 e. The van der Waals surface area contributed by atoms with Crippen molar-refractivity contribution in [2.24, 2.45) is 5.73 Å². The van der Waals surface area contributed by atoms with Crippen molar-refractivity contribution in [3.05, 3.63) is 48.0 Å². The van der Waals surface area contributed by atoms with Gasteiger partial charge in [0.15, 0.2) is 0 Å². The Morgan fingerprint density at radius 1 is 1.25 bits per heavy atom. The van der Waals surface area contributed by atoms with Crippen molar-refractivity contribution in [2.75, 3.05) is 6.54 Å². The van der Waals surface area contributed by atoms with Gasteiger partial charge in [-0.3, -0.25) is 4.79 Å². The van der Waals surface area contributed by atoms with E-state index in [0.29, 0.717) is 13.1 Å². The van der Waals surface area contributed by atoms with Gasteiger partial charge in [0.1, 0.15) is 12.7 Å². The van der Waals surface area contributed by atoms with Crippen molar-refractivity contribution in [1.82, 2.24) is 20.1 Å². The number of nitrogens with one attached hydrogen (secondary N) is 1. The first-order valence-electron chi connectivity index (χ1n) is 5.65. The molecule has 1 amide bonds. The molecule has 0 spiro atoms. The zero-order valence-corrected chi connectivity index (χ0v) is 12.4. The summed E-state index contributed by atoms with van der Waals surface area (Å²) in [6.07, 6.45) is 3.16. The number of hydrogen-bond donors (Lipinski definition) is 2. The highest BCUT2D eigenvalue weighted by molar-refractivity contribution is 5.85. The number of carbonyl (C=O) groups excluding carboxylic acids is 1. The van der Waals surface area contributed by atoms with Crippen LogP contribution in [0.15, 0.2) is 36.9 Å². The standard InChI is InChI=1S/C12H15N5O.2ClH/c13-5-12(18)15-6-10-3-1-2-4-11(10)7-17-9-14-8-16-17;;/h1-4,8-9H,5-7,13H2,(H,15,18);2*1H. The van der Waals surface area contributed by atoms with E-state index in [9.17, 15) is 4.79 Å². The Morgan fingerprint density at radius 3 is 2.55 bits per heavy atom. The quantitative estimate of drug-likeness (QED) is 0.852. The van der Waals surface area contributed by atoms with Gasteiger partial charge in [-0.05, 0) is 11.1 Å². The Hall–Kier alpha value is -1.63. The predicted molar refractivity (Wildman–Crippen MR) is 81.0 cm³/mol. The average molecular weight is 318 g/mol. The van der Waals surface area contributed by atoms with Crippen molar-refractivity contribution in [3.8, 4) is 0 Å². The lowest BCUT2D eigenvalue weighted by atomic mass is 10.1. The van der Waals surface area contributed by atoms with Gasteiger partial charge >= 0.3 is 0 Å². The maximum Gasteiger partial charge on any atom is 0.234 e. The molecule has 0 fully saturated rings. The van der Waals surface area contributed by atoms with Crippen molar-refractivity contribution in [1.29, 1.82) is 0 Å². The highest BCUT2D eigenvalue weighted by Gasteiger charge is 2.04. The molecule has 0 saturated carbocycles.